The molecular formula is C21H23BrFNO2. The van der Waals surface area contributed by atoms with E-state index in [-0.39, 0.29) is 17.6 Å². The molecule has 0 aromatic heterocycles. The number of carbonyl (C=O) groups is 1. The van der Waals surface area contributed by atoms with Gasteiger partial charge in [0.15, 0.2) is 0 Å². The summed E-state index contributed by atoms with van der Waals surface area (Å²) >= 11 is 3.46. The van der Waals surface area contributed by atoms with Crippen LogP contribution in [0.3, 0.4) is 0 Å². The van der Waals surface area contributed by atoms with Crippen LogP contribution < -0.4 is 0 Å². The van der Waals surface area contributed by atoms with Crippen LogP contribution in [0.5, 0.6) is 0 Å². The van der Waals surface area contributed by atoms with Gasteiger partial charge in [-0.2, -0.15) is 0 Å². The SMILES string of the molecule is CC(=O)C[C@]1(c2ccc(F)cc2)CCN([C@@H](C)c2ccc(Br)cc2)CO1. The zero-order valence-electron chi connectivity index (χ0n) is 15.0. The van der Waals surface area contributed by atoms with Gasteiger partial charge in [0.2, 0.25) is 0 Å². The number of halogens is 2. The van der Waals surface area contributed by atoms with Crippen LogP contribution in [0.15, 0.2) is 53.0 Å². The van der Waals surface area contributed by atoms with Crippen molar-refractivity contribution in [2.45, 2.75) is 38.3 Å². The number of ketones is 1. The fourth-order valence-corrected chi connectivity index (χ4v) is 3.81. The minimum atomic E-state index is -0.671. The highest BCUT2D eigenvalue weighted by molar-refractivity contribution is 9.10. The van der Waals surface area contributed by atoms with Crippen molar-refractivity contribution >= 4 is 21.7 Å². The Kier molecular flexibility index (Phi) is 5.90. The molecule has 1 aliphatic heterocycles. The van der Waals surface area contributed by atoms with Crippen molar-refractivity contribution in [1.29, 1.82) is 0 Å². The van der Waals surface area contributed by atoms with E-state index in [9.17, 15) is 9.18 Å². The molecule has 5 heteroatoms. The zero-order chi connectivity index (χ0) is 18.7. The van der Waals surface area contributed by atoms with E-state index in [1.54, 1.807) is 19.1 Å². The Bertz CT molecular complexity index is 753. The van der Waals surface area contributed by atoms with Crippen molar-refractivity contribution in [2.24, 2.45) is 0 Å². The molecule has 1 heterocycles. The number of hydrogen-bond donors (Lipinski definition) is 0. The molecular weight excluding hydrogens is 397 g/mol. The molecule has 1 fully saturated rings. The quantitative estimate of drug-likeness (QED) is 0.666. The summed E-state index contributed by atoms with van der Waals surface area (Å²) in [7, 11) is 0. The fraction of sp³-hybridized carbons (Fsp3) is 0.381. The first-order valence-electron chi connectivity index (χ1n) is 8.78. The fourth-order valence-electron chi connectivity index (χ4n) is 3.55. The third-order valence-electron chi connectivity index (χ3n) is 5.11. The molecule has 2 aromatic rings. The van der Waals surface area contributed by atoms with E-state index in [1.807, 2.05) is 12.1 Å². The molecule has 3 nitrogen and oxygen atoms in total. The van der Waals surface area contributed by atoms with Gasteiger partial charge in [-0.3, -0.25) is 9.69 Å². The van der Waals surface area contributed by atoms with Crippen LogP contribution in [0.25, 0.3) is 0 Å². The molecule has 0 saturated carbocycles. The second-order valence-electron chi connectivity index (χ2n) is 6.94. The van der Waals surface area contributed by atoms with Crippen molar-refractivity contribution in [1.82, 2.24) is 4.90 Å². The molecule has 1 saturated heterocycles. The first-order chi connectivity index (χ1) is 12.4. The minimum Gasteiger partial charge on any atom is -0.354 e. The van der Waals surface area contributed by atoms with Crippen molar-refractivity contribution in [3.63, 3.8) is 0 Å². The highest BCUT2D eigenvalue weighted by Gasteiger charge is 2.39. The van der Waals surface area contributed by atoms with Gasteiger partial charge in [0.05, 0.1) is 0 Å². The van der Waals surface area contributed by atoms with Crippen LogP contribution in [0.4, 0.5) is 4.39 Å². The van der Waals surface area contributed by atoms with Gasteiger partial charge in [0.25, 0.3) is 0 Å². The summed E-state index contributed by atoms with van der Waals surface area (Å²) in [6.07, 6.45) is 0.998. The van der Waals surface area contributed by atoms with Crippen LogP contribution in [0.1, 0.15) is 43.9 Å². The Morgan fingerprint density at radius 2 is 1.88 bits per heavy atom. The first kappa shape index (κ1) is 19.2. The van der Waals surface area contributed by atoms with Crippen molar-refractivity contribution in [2.75, 3.05) is 13.3 Å². The molecule has 0 bridgehead atoms. The number of nitrogens with zero attached hydrogens (tertiary/aromatic N) is 1. The first-order valence-corrected chi connectivity index (χ1v) is 9.58. The standard InChI is InChI=1S/C21H23BrFNO2/c1-15(25)13-21(18-5-9-20(23)10-6-18)11-12-24(14-26-21)16(2)17-3-7-19(22)8-4-17/h3-10,16H,11-14H2,1-2H3/t16-,21-/m0/s1. The second kappa shape index (κ2) is 7.99. The largest absolute Gasteiger partial charge is 0.354 e. The number of benzene rings is 2. The van der Waals surface area contributed by atoms with Gasteiger partial charge in [-0.25, -0.2) is 4.39 Å². The van der Waals surface area contributed by atoms with Gasteiger partial charge >= 0.3 is 0 Å². The predicted octanol–water partition coefficient (Wildman–Crippen LogP) is 5.20. The van der Waals surface area contributed by atoms with Crippen molar-refractivity contribution in [3.05, 3.63) is 69.9 Å². The van der Waals surface area contributed by atoms with Gasteiger partial charge in [-0.15, -0.1) is 0 Å². The number of rotatable bonds is 5. The normalized spacial score (nSPS) is 22.2. The third-order valence-corrected chi connectivity index (χ3v) is 5.64. The van der Waals surface area contributed by atoms with Crippen LogP contribution in [-0.4, -0.2) is 24.0 Å². The maximum Gasteiger partial charge on any atom is 0.133 e. The Morgan fingerprint density at radius 1 is 1.23 bits per heavy atom. The molecule has 0 amide bonds. The maximum absolute atomic E-state index is 13.3. The van der Waals surface area contributed by atoms with E-state index in [0.29, 0.717) is 19.6 Å². The molecule has 0 N–H and O–H groups in total. The monoisotopic (exact) mass is 419 g/mol. The van der Waals surface area contributed by atoms with Gasteiger partial charge in [0.1, 0.15) is 23.9 Å². The van der Waals surface area contributed by atoms with Gasteiger partial charge in [-0.1, -0.05) is 40.2 Å². The van der Waals surface area contributed by atoms with E-state index in [4.69, 9.17) is 4.74 Å². The summed E-state index contributed by atoms with van der Waals surface area (Å²) < 4.78 is 20.6. The second-order valence-corrected chi connectivity index (χ2v) is 7.86. The number of Topliss-reactive ketones (excluding diaryl/α,β-unsaturated/α-hetero) is 1. The summed E-state index contributed by atoms with van der Waals surface area (Å²) in [6, 6.07) is 14.8. The summed E-state index contributed by atoms with van der Waals surface area (Å²) in [4.78, 5) is 14.1. The Labute approximate surface area is 162 Å². The van der Waals surface area contributed by atoms with Crippen LogP contribution >= 0.6 is 15.9 Å². The molecule has 3 rings (SSSR count). The van der Waals surface area contributed by atoms with E-state index in [2.05, 4.69) is 39.9 Å². The lowest BCUT2D eigenvalue weighted by Crippen LogP contribution is -2.46. The molecule has 1 aliphatic rings. The number of ether oxygens (including phenoxy) is 1. The minimum absolute atomic E-state index is 0.0729. The Morgan fingerprint density at radius 3 is 2.42 bits per heavy atom. The molecule has 138 valence electrons. The average molecular weight is 420 g/mol. The number of hydrogen-bond acceptors (Lipinski definition) is 3. The Balaban J connectivity index is 1.77. The summed E-state index contributed by atoms with van der Waals surface area (Å²) in [5, 5.41) is 0. The molecule has 0 spiro atoms. The van der Waals surface area contributed by atoms with E-state index >= 15 is 0 Å². The molecule has 0 aliphatic carbocycles. The van der Waals surface area contributed by atoms with Gasteiger partial charge in [0, 0.05) is 23.5 Å². The number of carbonyl (C=O) groups excluding carboxylic acids is 1. The van der Waals surface area contributed by atoms with Gasteiger partial charge < -0.3 is 4.74 Å². The van der Waals surface area contributed by atoms with Crippen LogP contribution in [0, 0.1) is 5.82 Å². The van der Waals surface area contributed by atoms with Crippen molar-refractivity contribution in [3.8, 4) is 0 Å². The molecule has 26 heavy (non-hydrogen) atoms. The molecule has 0 radical (unpaired) electrons. The summed E-state index contributed by atoms with van der Waals surface area (Å²) in [6.45, 7) is 4.97. The van der Waals surface area contributed by atoms with E-state index in [0.717, 1.165) is 16.6 Å². The lowest BCUT2D eigenvalue weighted by molar-refractivity contribution is -0.163. The predicted molar refractivity (Wildman–Crippen MR) is 103 cm³/mol. The van der Waals surface area contributed by atoms with Crippen LogP contribution in [-0.2, 0) is 15.1 Å². The maximum atomic E-state index is 13.3. The molecule has 2 atom stereocenters. The third kappa shape index (κ3) is 4.22. The lowest BCUT2D eigenvalue weighted by Gasteiger charge is -2.44. The summed E-state index contributed by atoms with van der Waals surface area (Å²) in [5.41, 5.74) is 1.41. The Hall–Kier alpha value is -1.56. The average Bonchev–Trinajstić information content (AvgIpc) is 2.62. The smallest absolute Gasteiger partial charge is 0.133 e. The molecule has 2 aromatic carbocycles. The highest BCUT2D eigenvalue weighted by atomic mass is 79.9. The lowest BCUT2D eigenvalue weighted by atomic mass is 9.84. The van der Waals surface area contributed by atoms with E-state index in [1.165, 1.54) is 17.7 Å². The summed E-state index contributed by atoms with van der Waals surface area (Å²) in [5.74, 6) is -0.211. The van der Waals surface area contributed by atoms with Crippen molar-refractivity contribution < 1.29 is 13.9 Å². The topological polar surface area (TPSA) is 29.5 Å². The molecule has 0 unspecified atom stereocenters. The van der Waals surface area contributed by atoms with Gasteiger partial charge in [-0.05, 0) is 55.7 Å². The highest BCUT2D eigenvalue weighted by Crippen LogP contribution is 2.39. The van der Waals surface area contributed by atoms with E-state index < -0.39 is 5.60 Å². The zero-order valence-corrected chi connectivity index (χ0v) is 16.6. The van der Waals surface area contributed by atoms with Crippen LogP contribution in [0.2, 0.25) is 0 Å².